The van der Waals surface area contributed by atoms with E-state index >= 15 is 0 Å². The Labute approximate surface area is 176 Å². The average Bonchev–Trinajstić information content (AvgIpc) is 3.07. The minimum absolute atomic E-state index is 0.00201. The van der Waals surface area contributed by atoms with E-state index in [9.17, 15) is 23.5 Å². The topological polar surface area (TPSA) is 82.7 Å². The summed E-state index contributed by atoms with van der Waals surface area (Å²) in [6, 6.07) is 9.21. The van der Waals surface area contributed by atoms with Gasteiger partial charge in [-0.2, -0.15) is 8.78 Å². The molecule has 1 N–H and O–H groups in total. The maximum Gasteiger partial charge on any atom is 0.405 e. The van der Waals surface area contributed by atoms with Crippen molar-refractivity contribution in [2.75, 3.05) is 7.11 Å². The first kappa shape index (κ1) is 20.9. The van der Waals surface area contributed by atoms with Crippen LogP contribution in [0.4, 0.5) is 8.78 Å². The highest BCUT2D eigenvalue weighted by atomic mass is 19.3. The fraction of sp³-hybridized carbons (Fsp3) is 0.364. The highest BCUT2D eigenvalue weighted by Crippen LogP contribution is 2.50. The molecular weight excluding hydrogens is 410 g/mol. The normalized spacial score (nSPS) is 15.6. The Hall–Kier alpha value is -3.36. The Bertz CT molecular complexity index is 1250. The standard InChI is InChI=1S/C22H22F2N2O5/c1-22(2,3)12-10-25-13-8-6-5-7-11(13)9-14(25)17-15(12)18(27)16(20(29)30-4)19(28)26(17)31-21(23)24/h5-9,12,21,27H,10H2,1-4H3. The second kappa shape index (κ2) is 7.11. The van der Waals surface area contributed by atoms with Crippen LogP contribution in [0.5, 0.6) is 5.75 Å². The number of hydrogen-bond acceptors (Lipinski definition) is 5. The zero-order valence-electron chi connectivity index (χ0n) is 17.5. The fourth-order valence-electron chi connectivity index (χ4n) is 4.28. The number of esters is 1. The molecule has 31 heavy (non-hydrogen) atoms. The van der Waals surface area contributed by atoms with Crippen LogP contribution in [0, 0.1) is 5.41 Å². The van der Waals surface area contributed by atoms with E-state index in [-0.39, 0.29) is 11.3 Å². The van der Waals surface area contributed by atoms with Crippen LogP contribution in [0.1, 0.15) is 42.6 Å². The van der Waals surface area contributed by atoms with Gasteiger partial charge in [0.25, 0.3) is 0 Å². The number of aromatic hydroxyl groups is 1. The first-order chi connectivity index (χ1) is 14.6. The maximum absolute atomic E-state index is 13.3. The molecule has 0 spiro atoms. The highest BCUT2D eigenvalue weighted by Gasteiger charge is 2.41. The van der Waals surface area contributed by atoms with E-state index in [1.54, 1.807) is 6.07 Å². The van der Waals surface area contributed by atoms with E-state index in [1.165, 1.54) is 0 Å². The van der Waals surface area contributed by atoms with Crippen LogP contribution in [-0.4, -0.2) is 34.1 Å². The third-order valence-electron chi connectivity index (χ3n) is 5.74. The third kappa shape index (κ3) is 3.15. The van der Waals surface area contributed by atoms with Crippen LogP contribution in [0.2, 0.25) is 0 Å². The largest absolute Gasteiger partial charge is 0.506 e. The second-order valence-electron chi connectivity index (χ2n) is 8.56. The van der Waals surface area contributed by atoms with Gasteiger partial charge in [0.15, 0.2) is 5.56 Å². The van der Waals surface area contributed by atoms with Gasteiger partial charge in [0.1, 0.15) is 11.4 Å². The van der Waals surface area contributed by atoms with Gasteiger partial charge in [-0.15, -0.1) is 4.73 Å². The molecule has 1 unspecified atom stereocenters. The van der Waals surface area contributed by atoms with E-state index in [4.69, 9.17) is 0 Å². The van der Waals surface area contributed by atoms with Crippen molar-refractivity contribution < 1.29 is 28.3 Å². The molecule has 0 fully saturated rings. The van der Waals surface area contributed by atoms with Gasteiger partial charge in [0.2, 0.25) is 0 Å². The third-order valence-corrected chi connectivity index (χ3v) is 5.74. The number of ether oxygens (including phenoxy) is 1. The van der Waals surface area contributed by atoms with Crippen LogP contribution >= 0.6 is 0 Å². The van der Waals surface area contributed by atoms with Gasteiger partial charge in [-0.3, -0.25) is 4.79 Å². The molecule has 0 aliphatic carbocycles. The lowest BCUT2D eigenvalue weighted by Crippen LogP contribution is -2.39. The van der Waals surface area contributed by atoms with Crippen LogP contribution in [-0.2, 0) is 11.3 Å². The number of pyridine rings is 1. The maximum atomic E-state index is 13.3. The van der Waals surface area contributed by atoms with Crippen LogP contribution in [0.3, 0.4) is 0 Å². The predicted molar refractivity (Wildman–Crippen MR) is 109 cm³/mol. The summed E-state index contributed by atoms with van der Waals surface area (Å²) in [5.41, 5.74) is -0.932. The number of benzene rings is 1. The van der Waals surface area contributed by atoms with Crippen LogP contribution in [0.25, 0.3) is 22.3 Å². The van der Waals surface area contributed by atoms with Gasteiger partial charge in [0, 0.05) is 28.9 Å². The van der Waals surface area contributed by atoms with Gasteiger partial charge in [-0.25, -0.2) is 4.79 Å². The van der Waals surface area contributed by atoms with E-state index in [1.807, 2.05) is 49.6 Å². The van der Waals surface area contributed by atoms with Crippen molar-refractivity contribution in [1.29, 1.82) is 0 Å². The summed E-state index contributed by atoms with van der Waals surface area (Å²) in [5, 5.41) is 11.9. The van der Waals surface area contributed by atoms with Crippen molar-refractivity contribution in [3.05, 3.63) is 51.8 Å². The Kier molecular flexibility index (Phi) is 4.79. The minimum Gasteiger partial charge on any atom is -0.506 e. The predicted octanol–water partition coefficient (Wildman–Crippen LogP) is 3.76. The molecule has 7 nitrogen and oxygen atoms in total. The van der Waals surface area contributed by atoms with E-state index in [2.05, 4.69) is 9.57 Å². The number of para-hydroxylation sites is 1. The number of fused-ring (bicyclic) bond motifs is 5. The number of carbonyl (C=O) groups is 1. The molecule has 1 atom stereocenters. The van der Waals surface area contributed by atoms with E-state index in [0.29, 0.717) is 17.0 Å². The van der Waals surface area contributed by atoms with Gasteiger partial charge in [-0.05, 0) is 17.5 Å². The molecule has 9 heteroatoms. The highest BCUT2D eigenvalue weighted by molar-refractivity contribution is 5.95. The molecule has 0 bridgehead atoms. The van der Waals surface area contributed by atoms with E-state index < -0.39 is 40.8 Å². The van der Waals surface area contributed by atoms with Gasteiger partial charge in [-0.1, -0.05) is 39.0 Å². The lowest BCUT2D eigenvalue weighted by atomic mass is 9.73. The zero-order valence-corrected chi connectivity index (χ0v) is 17.5. The number of alkyl halides is 2. The molecule has 3 aromatic rings. The number of hydrogen-bond donors (Lipinski definition) is 1. The fourth-order valence-corrected chi connectivity index (χ4v) is 4.28. The molecule has 164 valence electrons. The SMILES string of the molecule is COC(=O)c1c(O)c2c(n(OC(F)F)c1=O)-c1cc3ccccc3n1CC2C(C)(C)C. The summed E-state index contributed by atoms with van der Waals surface area (Å²) < 4.78 is 33.6. The molecule has 2 aromatic heterocycles. The number of rotatable bonds is 3. The smallest absolute Gasteiger partial charge is 0.405 e. The minimum atomic E-state index is -3.33. The van der Waals surface area contributed by atoms with Gasteiger partial charge >= 0.3 is 18.1 Å². The van der Waals surface area contributed by atoms with Crippen LogP contribution in [0.15, 0.2) is 35.1 Å². The van der Waals surface area contributed by atoms with Gasteiger partial charge < -0.3 is 19.2 Å². The Balaban J connectivity index is 2.19. The summed E-state index contributed by atoms with van der Waals surface area (Å²) in [6.07, 6.45) is 0. The summed E-state index contributed by atoms with van der Waals surface area (Å²) in [5.74, 6) is -2.13. The summed E-state index contributed by atoms with van der Waals surface area (Å²) in [4.78, 5) is 29.9. The monoisotopic (exact) mass is 432 g/mol. The average molecular weight is 432 g/mol. The summed E-state index contributed by atoms with van der Waals surface area (Å²) in [6.45, 7) is 2.86. The van der Waals surface area contributed by atoms with Crippen molar-refractivity contribution in [3.8, 4) is 17.1 Å². The number of carbonyl (C=O) groups excluding carboxylic acids is 1. The van der Waals surface area contributed by atoms with Crippen molar-refractivity contribution in [3.63, 3.8) is 0 Å². The van der Waals surface area contributed by atoms with Crippen molar-refractivity contribution in [2.24, 2.45) is 5.41 Å². The molecule has 1 aliphatic rings. The summed E-state index contributed by atoms with van der Waals surface area (Å²) >= 11 is 0. The molecule has 3 heterocycles. The first-order valence-electron chi connectivity index (χ1n) is 9.70. The van der Waals surface area contributed by atoms with Crippen molar-refractivity contribution >= 4 is 16.9 Å². The lowest BCUT2D eigenvalue weighted by Gasteiger charge is -2.38. The van der Waals surface area contributed by atoms with Crippen molar-refractivity contribution in [1.82, 2.24) is 9.30 Å². The zero-order chi connectivity index (χ0) is 22.7. The molecule has 0 saturated carbocycles. The number of methoxy groups -OCH3 is 1. The molecule has 0 radical (unpaired) electrons. The lowest BCUT2D eigenvalue weighted by molar-refractivity contribution is -0.134. The molecule has 4 rings (SSSR count). The summed E-state index contributed by atoms with van der Waals surface area (Å²) in [7, 11) is 1.04. The van der Waals surface area contributed by atoms with Gasteiger partial charge in [0.05, 0.1) is 12.8 Å². The van der Waals surface area contributed by atoms with Crippen LogP contribution < -0.4 is 10.4 Å². The first-order valence-corrected chi connectivity index (χ1v) is 9.70. The Morgan fingerprint density at radius 2 is 1.94 bits per heavy atom. The number of aromatic nitrogens is 2. The number of nitrogens with zero attached hydrogens (tertiary/aromatic N) is 2. The second-order valence-corrected chi connectivity index (χ2v) is 8.56. The molecule has 1 aromatic carbocycles. The number of halogens is 2. The molecule has 0 saturated heterocycles. The Morgan fingerprint density at radius 1 is 1.26 bits per heavy atom. The molecule has 1 aliphatic heterocycles. The Morgan fingerprint density at radius 3 is 2.55 bits per heavy atom. The van der Waals surface area contributed by atoms with E-state index in [0.717, 1.165) is 18.0 Å². The molecular formula is C22H22F2N2O5. The quantitative estimate of drug-likeness (QED) is 0.638. The van der Waals surface area contributed by atoms with Crippen molar-refractivity contribution in [2.45, 2.75) is 39.8 Å². The molecule has 0 amide bonds.